The molecule has 0 radical (unpaired) electrons. The smallest absolute Gasteiger partial charge is 0.165 e. The van der Waals surface area contributed by atoms with Crippen molar-refractivity contribution in [3.05, 3.63) is 72.1 Å². The molecule has 2 aliphatic rings. The molecular weight excluding hydrogens is 446 g/mol. The van der Waals surface area contributed by atoms with Crippen LogP contribution in [0.2, 0.25) is 0 Å². The van der Waals surface area contributed by atoms with Crippen molar-refractivity contribution in [1.82, 2.24) is 24.4 Å². The summed E-state index contributed by atoms with van der Waals surface area (Å²) in [7, 11) is 0. The van der Waals surface area contributed by atoms with Gasteiger partial charge in [0.1, 0.15) is 11.3 Å². The number of fused-ring (bicyclic) bond motifs is 1. The van der Waals surface area contributed by atoms with Gasteiger partial charge in [-0.05, 0) is 99.1 Å². The van der Waals surface area contributed by atoms with Crippen LogP contribution in [-0.2, 0) is 6.54 Å². The first-order valence-corrected chi connectivity index (χ1v) is 13.0. The van der Waals surface area contributed by atoms with E-state index >= 15 is 0 Å². The number of aromatic nitrogens is 4. The Labute approximate surface area is 211 Å². The summed E-state index contributed by atoms with van der Waals surface area (Å²) >= 11 is 0. The van der Waals surface area contributed by atoms with Crippen molar-refractivity contribution in [2.24, 2.45) is 5.73 Å². The molecule has 4 aromatic rings. The summed E-state index contributed by atoms with van der Waals surface area (Å²) in [4.78, 5) is 16.9. The average Bonchev–Trinajstić information content (AvgIpc) is 3.30. The molecule has 1 fully saturated rings. The first-order chi connectivity index (χ1) is 17.7. The zero-order chi connectivity index (χ0) is 24.5. The van der Waals surface area contributed by atoms with Gasteiger partial charge in [-0.25, -0.2) is 15.0 Å². The van der Waals surface area contributed by atoms with Gasteiger partial charge in [-0.2, -0.15) is 0 Å². The highest BCUT2D eigenvalue weighted by Crippen LogP contribution is 2.32. The molecule has 0 saturated carbocycles. The molecule has 7 nitrogen and oxygen atoms in total. The number of benzene rings is 1. The number of nitrogen functional groups attached to an aromatic ring is 1. The Balaban J connectivity index is 1.41. The highest BCUT2D eigenvalue weighted by atomic mass is 15.1. The van der Waals surface area contributed by atoms with Gasteiger partial charge in [0.2, 0.25) is 0 Å². The van der Waals surface area contributed by atoms with Crippen LogP contribution in [0, 0.1) is 0 Å². The van der Waals surface area contributed by atoms with Crippen LogP contribution in [0.25, 0.3) is 33.8 Å². The predicted octanol–water partition coefficient (Wildman–Crippen LogP) is 4.95. The molecule has 1 saturated heterocycles. The summed E-state index contributed by atoms with van der Waals surface area (Å²) in [5.74, 6) is 1.22. The lowest BCUT2D eigenvalue weighted by atomic mass is 9.97. The summed E-state index contributed by atoms with van der Waals surface area (Å²) < 4.78 is 2.12. The molecule has 4 N–H and O–H groups in total. The molecule has 1 aliphatic heterocycles. The first kappa shape index (κ1) is 22.9. The van der Waals surface area contributed by atoms with Crippen LogP contribution >= 0.6 is 0 Å². The van der Waals surface area contributed by atoms with Gasteiger partial charge in [-0.15, -0.1) is 0 Å². The van der Waals surface area contributed by atoms with Crippen molar-refractivity contribution >= 4 is 22.6 Å². The van der Waals surface area contributed by atoms with Crippen molar-refractivity contribution in [2.75, 3.05) is 18.8 Å². The molecule has 3 aromatic heterocycles. The Morgan fingerprint density at radius 1 is 0.944 bits per heavy atom. The number of nitrogens with two attached hydrogens (primary N) is 2. The number of hydrogen-bond acceptors (Lipinski definition) is 6. The predicted molar refractivity (Wildman–Crippen MR) is 145 cm³/mol. The normalized spacial score (nSPS) is 17.4. The third kappa shape index (κ3) is 4.52. The fourth-order valence-electron chi connectivity index (χ4n) is 5.36. The molecule has 0 bridgehead atoms. The maximum atomic E-state index is 6.30. The van der Waals surface area contributed by atoms with Crippen LogP contribution in [0.3, 0.4) is 0 Å². The number of pyridine rings is 2. The van der Waals surface area contributed by atoms with Crippen molar-refractivity contribution in [2.45, 2.75) is 51.1 Å². The van der Waals surface area contributed by atoms with Crippen molar-refractivity contribution in [3.8, 4) is 17.1 Å². The van der Waals surface area contributed by atoms with Gasteiger partial charge in [-0.1, -0.05) is 18.2 Å². The van der Waals surface area contributed by atoms with Crippen LogP contribution in [-0.4, -0.2) is 43.6 Å². The molecule has 0 unspecified atom stereocenters. The third-order valence-electron chi connectivity index (χ3n) is 7.44. The maximum absolute atomic E-state index is 6.30. The lowest BCUT2D eigenvalue weighted by molar-refractivity contribution is 0.205. The van der Waals surface area contributed by atoms with Crippen LogP contribution in [0.5, 0.6) is 0 Å². The molecule has 7 heteroatoms. The van der Waals surface area contributed by atoms with Crippen LogP contribution in [0.4, 0.5) is 5.82 Å². The monoisotopic (exact) mass is 479 g/mol. The molecule has 1 aromatic carbocycles. The maximum Gasteiger partial charge on any atom is 0.165 e. The molecule has 0 amide bonds. The van der Waals surface area contributed by atoms with Gasteiger partial charge in [0.15, 0.2) is 11.5 Å². The Morgan fingerprint density at radius 3 is 2.53 bits per heavy atom. The topological polar surface area (TPSA) is 98.9 Å². The van der Waals surface area contributed by atoms with E-state index in [1.165, 1.54) is 24.0 Å². The van der Waals surface area contributed by atoms with E-state index in [1.54, 1.807) is 6.20 Å². The summed E-state index contributed by atoms with van der Waals surface area (Å²) in [6.45, 7) is 3.06. The summed E-state index contributed by atoms with van der Waals surface area (Å²) in [6, 6.07) is 17.1. The minimum Gasteiger partial charge on any atom is -0.383 e. The second-order valence-electron chi connectivity index (χ2n) is 10.0. The number of nitrogens with zero attached hydrogens (tertiary/aromatic N) is 5. The SMILES string of the molecule is Nc1ncccc1-c1nc2ccc(C3=CCCCC3)nc2n1-c1ccc(CN2CCC(N)CC2)cc1. The van der Waals surface area contributed by atoms with Crippen LogP contribution in [0.1, 0.15) is 49.8 Å². The number of anilines is 1. The zero-order valence-electron chi connectivity index (χ0n) is 20.6. The van der Waals surface area contributed by atoms with Gasteiger partial charge in [-0.3, -0.25) is 9.47 Å². The van der Waals surface area contributed by atoms with E-state index in [0.717, 1.165) is 79.3 Å². The number of hydrogen-bond donors (Lipinski definition) is 2. The van der Waals surface area contributed by atoms with Crippen LogP contribution < -0.4 is 11.5 Å². The molecule has 4 heterocycles. The Kier molecular flexibility index (Phi) is 6.25. The second kappa shape index (κ2) is 9.84. The van der Waals surface area contributed by atoms with Gasteiger partial charge >= 0.3 is 0 Å². The average molecular weight is 480 g/mol. The van der Waals surface area contributed by atoms with E-state index in [4.69, 9.17) is 21.4 Å². The molecule has 0 spiro atoms. The highest BCUT2D eigenvalue weighted by Gasteiger charge is 2.20. The van der Waals surface area contributed by atoms with Crippen LogP contribution in [0.15, 0.2) is 60.8 Å². The fourth-order valence-corrected chi connectivity index (χ4v) is 5.36. The number of rotatable bonds is 5. The number of piperidine rings is 1. The quantitative estimate of drug-likeness (QED) is 0.420. The molecule has 36 heavy (non-hydrogen) atoms. The van der Waals surface area contributed by atoms with Gasteiger partial charge in [0, 0.05) is 24.5 Å². The summed E-state index contributed by atoms with van der Waals surface area (Å²) in [5.41, 5.74) is 19.6. The van der Waals surface area contributed by atoms with E-state index in [9.17, 15) is 0 Å². The number of likely N-dealkylation sites (tertiary alicyclic amines) is 1. The van der Waals surface area contributed by atoms with Gasteiger partial charge in [0.05, 0.1) is 11.3 Å². The standard InChI is InChI=1S/C29H33N7/c30-22-14-17-35(18-15-22)19-20-8-10-23(11-9-20)36-28(24-7-4-16-32-27(24)31)34-26-13-12-25(33-29(26)36)21-5-2-1-3-6-21/h4-5,7-13,16,22H,1-3,6,14-15,17-19,30H2,(H2,31,32). The lowest BCUT2D eigenvalue weighted by Gasteiger charge is -2.30. The Hall–Kier alpha value is -3.55. The third-order valence-corrected chi connectivity index (χ3v) is 7.44. The lowest BCUT2D eigenvalue weighted by Crippen LogP contribution is -2.39. The highest BCUT2D eigenvalue weighted by molar-refractivity contribution is 5.84. The Morgan fingerprint density at radius 2 is 1.78 bits per heavy atom. The molecule has 0 atom stereocenters. The van der Waals surface area contributed by atoms with Crippen molar-refractivity contribution < 1.29 is 0 Å². The fraction of sp³-hybridized carbons (Fsp3) is 0.345. The van der Waals surface area contributed by atoms with E-state index in [1.807, 2.05) is 12.1 Å². The summed E-state index contributed by atoms with van der Waals surface area (Å²) in [6.07, 6.45) is 10.8. The summed E-state index contributed by atoms with van der Waals surface area (Å²) in [5, 5.41) is 0. The zero-order valence-corrected chi connectivity index (χ0v) is 20.6. The van der Waals surface area contributed by atoms with Gasteiger partial charge in [0.25, 0.3) is 0 Å². The van der Waals surface area contributed by atoms with Crippen molar-refractivity contribution in [3.63, 3.8) is 0 Å². The molecule has 184 valence electrons. The van der Waals surface area contributed by atoms with E-state index in [2.05, 4.69) is 56.9 Å². The van der Waals surface area contributed by atoms with E-state index in [0.29, 0.717) is 11.9 Å². The van der Waals surface area contributed by atoms with E-state index < -0.39 is 0 Å². The second-order valence-corrected chi connectivity index (χ2v) is 10.0. The molecule has 1 aliphatic carbocycles. The molecule has 6 rings (SSSR count). The molecular formula is C29H33N7. The largest absolute Gasteiger partial charge is 0.383 e. The number of allylic oxidation sites excluding steroid dienone is 2. The first-order valence-electron chi connectivity index (χ1n) is 13.0. The van der Waals surface area contributed by atoms with E-state index in [-0.39, 0.29) is 0 Å². The minimum atomic E-state index is 0.346. The number of imidazole rings is 1. The minimum absolute atomic E-state index is 0.346. The van der Waals surface area contributed by atoms with Crippen molar-refractivity contribution in [1.29, 1.82) is 0 Å². The Bertz CT molecular complexity index is 1400. The van der Waals surface area contributed by atoms with Gasteiger partial charge < -0.3 is 11.5 Å².